The first-order valence-electron chi connectivity index (χ1n) is 7.45. The first-order valence-corrected chi connectivity index (χ1v) is 8.24. The Bertz CT molecular complexity index is 816. The SMILES string of the molecule is Brc1cccc([C@H](C#Cc2ccccc2)Nc2ccccc2)c1. The zero-order valence-electron chi connectivity index (χ0n) is 12.5. The molecule has 112 valence electrons. The molecule has 0 saturated carbocycles. The molecule has 0 saturated heterocycles. The lowest BCUT2D eigenvalue weighted by atomic mass is 10.1. The number of hydrogen-bond donors (Lipinski definition) is 1. The maximum absolute atomic E-state index is 3.54. The van der Waals surface area contributed by atoms with E-state index in [1.54, 1.807) is 0 Å². The Kier molecular flexibility index (Phi) is 5.13. The largest absolute Gasteiger partial charge is 0.368 e. The van der Waals surface area contributed by atoms with Crippen LogP contribution in [0.4, 0.5) is 5.69 Å². The second-order valence-electron chi connectivity index (χ2n) is 5.13. The van der Waals surface area contributed by atoms with E-state index in [0.29, 0.717) is 0 Å². The lowest BCUT2D eigenvalue weighted by Crippen LogP contribution is -2.08. The summed E-state index contributed by atoms with van der Waals surface area (Å²) in [6, 6.07) is 28.4. The van der Waals surface area contributed by atoms with Crippen LogP contribution in [-0.2, 0) is 0 Å². The van der Waals surface area contributed by atoms with Crippen LogP contribution in [-0.4, -0.2) is 0 Å². The van der Waals surface area contributed by atoms with E-state index < -0.39 is 0 Å². The lowest BCUT2D eigenvalue weighted by Gasteiger charge is -2.15. The van der Waals surface area contributed by atoms with Gasteiger partial charge in [-0.25, -0.2) is 0 Å². The molecule has 0 unspecified atom stereocenters. The standard InChI is InChI=1S/C21H16BrN/c22-19-11-7-10-18(16-19)21(23-20-12-5-2-6-13-20)15-14-17-8-3-1-4-9-17/h1-13,16,21,23H/t21-/m0/s1. The van der Waals surface area contributed by atoms with Gasteiger partial charge in [0.1, 0.15) is 6.04 Å². The summed E-state index contributed by atoms with van der Waals surface area (Å²) in [6.45, 7) is 0. The number of halogens is 1. The quantitative estimate of drug-likeness (QED) is 0.594. The summed E-state index contributed by atoms with van der Waals surface area (Å²) >= 11 is 3.54. The van der Waals surface area contributed by atoms with Gasteiger partial charge < -0.3 is 5.32 Å². The highest BCUT2D eigenvalue weighted by atomic mass is 79.9. The number of hydrogen-bond acceptors (Lipinski definition) is 1. The van der Waals surface area contributed by atoms with Crippen LogP contribution in [0.15, 0.2) is 89.4 Å². The minimum atomic E-state index is -0.0740. The van der Waals surface area contributed by atoms with Crippen LogP contribution >= 0.6 is 15.9 Å². The van der Waals surface area contributed by atoms with Gasteiger partial charge in [-0.05, 0) is 42.0 Å². The van der Waals surface area contributed by atoms with Crippen molar-refractivity contribution in [1.29, 1.82) is 0 Å². The van der Waals surface area contributed by atoms with Crippen molar-refractivity contribution >= 4 is 21.6 Å². The van der Waals surface area contributed by atoms with E-state index in [1.807, 2.05) is 60.7 Å². The van der Waals surface area contributed by atoms with E-state index in [1.165, 1.54) is 0 Å². The molecule has 0 aliphatic heterocycles. The molecule has 1 N–H and O–H groups in total. The molecule has 0 amide bonds. The summed E-state index contributed by atoms with van der Waals surface area (Å²) in [5.74, 6) is 6.60. The Labute approximate surface area is 145 Å². The van der Waals surface area contributed by atoms with Gasteiger partial charge in [0.2, 0.25) is 0 Å². The van der Waals surface area contributed by atoms with Gasteiger partial charge in [-0.3, -0.25) is 0 Å². The molecule has 0 aromatic heterocycles. The molecule has 3 aromatic rings. The van der Waals surface area contributed by atoms with Crippen molar-refractivity contribution in [3.63, 3.8) is 0 Å². The topological polar surface area (TPSA) is 12.0 Å². The zero-order valence-corrected chi connectivity index (χ0v) is 14.1. The zero-order chi connectivity index (χ0) is 15.9. The van der Waals surface area contributed by atoms with Crippen molar-refractivity contribution in [3.8, 4) is 11.8 Å². The molecule has 3 aromatic carbocycles. The Hall–Kier alpha value is -2.50. The summed E-state index contributed by atoms with van der Waals surface area (Å²) in [6.07, 6.45) is 0. The van der Waals surface area contributed by atoms with Crippen LogP contribution in [0.25, 0.3) is 0 Å². The highest BCUT2D eigenvalue weighted by molar-refractivity contribution is 9.10. The summed E-state index contributed by atoms with van der Waals surface area (Å²) in [5.41, 5.74) is 3.20. The van der Waals surface area contributed by atoms with Gasteiger partial charge in [-0.1, -0.05) is 76.3 Å². The smallest absolute Gasteiger partial charge is 0.114 e. The van der Waals surface area contributed by atoms with Crippen molar-refractivity contribution in [2.24, 2.45) is 0 Å². The second kappa shape index (κ2) is 7.67. The second-order valence-corrected chi connectivity index (χ2v) is 6.05. The van der Waals surface area contributed by atoms with E-state index >= 15 is 0 Å². The van der Waals surface area contributed by atoms with Gasteiger partial charge in [0.15, 0.2) is 0 Å². The van der Waals surface area contributed by atoms with Crippen LogP contribution in [0.5, 0.6) is 0 Å². The Balaban J connectivity index is 1.92. The molecule has 0 radical (unpaired) electrons. The molecule has 2 heteroatoms. The van der Waals surface area contributed by atoms with Gasteiger partial charge in [-0.2, -0.15) is 0 Å². The summed E-state index contributed by atoms with van der Waals surface area (Å²) in [7, 11) is 0. The fraction of sp³-hybridized carbons (Fsp3) is 0.0476. The summed E-state index contributed by atoms with van der Waals surface area (Å²) in [4.78, 5) is 0. The highest BCUT2D eigenvalue weighted by Crippen LogP contribution is 2.22. The molecular formula is C21H16BrN. The monoisotopic (exact) mass is 361 g/mol. The number of benzene rings is 3. The maximum Gasteiger partial charge on any atom is 0.114 e. The molecule has 0 heterocycles. The summed E-state index contributed by atoms with van der Waals surface area (Å²) < 4.78 is 1.05. The predicted octanol–water partition coefficient (Wildman–Crippen LogP) is 5.65. The molecule has 3 rings (SSSR count). The van der Waals surface area contributed by atoms with Gasteiger partial charge in [-0.15, -0.1) is 0 Å². The third-order valence-electron chi connectivity index (χ3n) is 3.40. The third kappa shape index (κ3) is 4.48. The van der Waals surface area contributed by atoms with E-state index in [9.17, 15) is 0 Å². The first kappa shape index (κ1) is 15.4. The normalized spacial score (nSPS) is 11.2. The molecular weight excluding hydrogens is 346 g/mol. The van der Waals surface area contributed by atoms with E-state index in [0.717, 1.165) is 21.3 Å². The lowest BCUT2D eigenvalue weighted by molar-refractivity contribution is 1.02. The van der Waals surface area contributed by atoms with Gasteiger partial charge in [0, 0.05) is 15.7 Å². The van der Waals surface area contributed by atoms with Crippen LogP contribution in [0.1, 0.15) is 17.2 Å². The molecule has 0 aliphatic rings. The fourth-order valence-electron chi connectivity index (χ4n) is 2.27. The fourth-order valence-corrected chi connectivity index (χ4v) is 2.68. The van der Waals surface area contributed by atoms with Crippen molar-refractivity contribution in [2.45, 2.75) is 6.04 Å². The van der Waals surface area contributed by atoms with E-state index in [2.05, 4.69) is 57.4 Å². The minimum absolute atomic E-state index is 0.0740. The van der Waals surface area contributed by atoms with Crippen LogP contribution in [0.2, 0.25) is 0 Å². The van der Waals surface area contributed by atoms with Crippen LogP contribution in [0, 0.1) is 11.8 Å². The molecule has 0 fully saturated rings. The Morgan fingerprint density at radius 1 is 0.783 bits per heavy atom. The highest BCUT2D eigenvalue weighted by Gasteiger charge is 2.08. The van der Waals surface area contributed by atoms with Crippen molar-refractivity contribution < 1.29 is 0 Å². The van der Waals surface area contributed by atoms with Gasteiger partial charge in [0.25, 0.3) is 0 Å². The van der Waals surface area contributed by atoms with Gasteiger partial charge in [0.05, 0.1) is 0 Å². The first-order chi connectivity index (χ1) is 11.3. The number of anilines is 1. The summed E-state index contributed by atoms with van der Waals surface area (Å²) in [5, 5.41) is 3.50. The van der Waals surface area contributed by atoms with Crippen LogP contribution < -0.4 is 5.32 Å². The Morgan fingerprint density at radius 2 is 1.48 bits per heavy atom. The van der Waals surface area contributed by atoms with Crippen molar-refractivity contribution in [3.05, 3.63) is 101 Å². The van der Waals surface area contributed by atoms with E-state index in [4.69, 9.17) is 0 Å². The van der Waals surface area contributed by atoms with Crippen molar-refractivity contribution in [2.75, 3.05) is 5.32 Å². The van der Waals surface area contributed by atoms with Crippen LogP contribution in [0.3, 0.4) is 0 Å². The molecule has 0 spiro atoms. The number of para-hydroxylation sites is 1. The third-order valence-corrected chi connectivity index (χ3v) is 3.89. The average molecular weight is 362 g/mol. The molecule has 1 nitrogen and oxygen atoms in total. The van der Waals surface area contributed by atoms with Gasteiger partial charge >= 0.3 is 0 Å². The number of nitrogens with one attached hydrogen (secondary N) is 1. The molecule has 23 heavy (non-hydrogen) atoms. The molecule has 0 bridgehead atoms. The maximum atomic E-state index is 3.54. The predicted molar refractivity (Wildman–Crippen MR) is 100 cm³/mol. The van der Waals surface area contributed by atoms with Crippen molar-refractivity contribution in [1.82, 2.24) is 0 Å². The molecule has 1 atom stereocenters. The minimum Gasteiger partial charge on any atom is -0.368 e. The average Bonchev–Trinajstić information content (AvgIpc) is 2.60. The number of rotatable bonds is 3. The molecule has 0 aliphatic carbocycles. The Morgan fingerprint density at radius 3 is 2.17 bits per heavy atom. The van der Waals surface area contributed by atoms with E-state index in [-0.39, 0.29) is 6.04 Å².